The minimum absolute atomic E-state index is 0.0397. The van der Waals surface area contributed by atoms with Gasteiger partial charge in [-0.15, -0.1) is 0 Å². The van der Waals surface area contributed by atoms with E-state index in [9.17, 15) is 14.7 Å². The van der Waals surface area contributed by atoms with Crippen molar-refractivity contribution in [3.05, 3.63) is 71.7 Å². The lowest BCUT2D eigenvalue weighted by atomic mass is 9.99. The summed E-state index contributed by atoms with van der Waals surface area (Å²) in [5.41, 5.74) is 0.582. The smallest absolute Gasteiger partial charge is 0.290 e. The van der Waals surface area contributed by atoms with Crippen molar-refractivity contribution in [2.45, 2.75) is 12.5 Å². The van der Waals surface area contributed by atoms with Crippen LogP contribution in [0.4, 0.5) is 0 Å². The van der Waals surface area contributed by atoms with Crippen LogP contribution in [0.2, 0.25) is 0 Å². The molecule has 1 unspecified atom stereocenters. The maximum atomic E-state index is 13.0. The second-order valence-corrected chi connectivity index (χ2v) is 7.44. The Morgan fingerprint density at radius 3 is 2.74 bits per heavy atom. The third-order valence-corrected chi connectivity index (χ3v) is 5.46. The van der Waals surface area contributed by atoms with Gasteiger partial charge in [0.25, 0.3) is 5.91 Å². The topological polar surface area (TPSA) is 96.1 Å². The van der Waals surface area contributed by atoms with Gasteiger partial charge in [-0.1, -0.05) is 6.07 Å². The van der Waals surface area contributed by atoms with Crippen molar-refractivity contribution in [1.82, 2.24) is 14.8 Å². The Kier molecular flexibility index (Phi) is 6.59. The van der Waals surface area contributed by atoms with Crippen molar-refractivity contribution in [2.75, 3.05) is 39.4 Å². The summed E-state index contributed by atoms with van der Waals surface area (Å²) in [7, 11) is 0. The Morgan fingerprint density at radius 2 is 2.03 bits per heavy atom. The maximum Gasteiger partial charge on any atom is 0.290 e. The molecule has 0 radical (unpaired) electrons. The zero-order chi connectivity index (χ0) is 21.6. The third kappa shape index (κ3) is 4.76. The van der Waals surface area contributed by atoms with Gasteiger partial charge < -0.3 is 19.2 Å². The van der Waals surface area contributed by atoms with Crippen LogP contribution in [0.3, 0.4) is 0 Å². The first kappa shape index (κ1) is 21.0. The monoisotopic (exact) mass is 423 g/mol. The van der Waals surface area contributed by atoms with Crippen LogP contribution in [0.15, 0.2) is 64.6 Å². The summed E-state index contributed by atoms with van der Waals surface area (Å²) in [6.45, 7) is 4.36. The fourth-order valence-corrected chi connectivity index (χ4v) is 3.90. The molecule has 2 aliphatic heterocycles. The number of ether oxygens (including phenoxy) is 1. The average molecular weight is 423 g/mol. The van der Waals surface area contributed by atoms with Crippen molar-refractivity contribution in [3.63, 3.8) is 0 Å². The number of rotatable bonds is 8. The first-order valence-electron chi connectivity index (χ1n) is 10.4. The van der Waals surface area contributed by atoms with Gasteiger partial charge in [0, 0.05) is 32.4 Å². The molecule has 4 heterocycles. The van der Waals surface area contributed by atoms with Crippen molar-refractivity contribution in [2.24, 2.45) is 0 Å². The Bertz CT molecular complexity index is 962. The quantitative estimate of drug-likeness (QED) is 0.651. The zero-order valence-corrected chi connectivity index (χ0v) is 17.1. The summed E-state index contributed by atoms with van der Waals surface area (Å²) < 4.78 is 10.6. The second-order valence-electron chi connectivity index (χ2n) is 7.44. The first-order valence-corrected chi connectivity index (χ1v) is 10.4. The second kappa shape index (κ2) is 9.72. The zero-order valence-electron chi connectivity index (χ0n) is 17.1. The molecular weight excluding hydrogens is 398 g/mol. The first-order chi connectivity index (χ1) is 15.1. The highest BCUT2D eigenvalue weighted by molar-refractivity contribution is 6.14. The number of pyridine rings is 1. The fourth-order valence-electron chi connectivity index (χ4n) is 3.90. The van der Waals surface area contributed by atoms with Crippen molar-refractivity contribution < 1.29 is 23.8 Å². The predicted octanol–water partition coefficient (Wildman–Crippen LogP) is 2.37. The number of allylic oxidation sites excluding steroid dienone is 1. The van der Waals surface area contributed by atoms with Gasteiger partial charge in [0.2, 0.25) is 0 Å². The van der Waals surface area contributed by atoms with E-state index in [2.05, 4.69) is 9.88 Å². The summed E-state index contributed by atoms with van der Waals surface area (Å²) in [5.74, 6) is -1.01. The van der Waals surface area contributed by atoms with E-state index in [-0.39, 0.29) is 5.57 Å². The van der Waals surface area contributed by atoms with E-state index < -0.39 is 23.5 Å². The van der Waals surface area contributed by atoms with E-state index in [1.54, 1.807) is 36.5 Å². The molecule has 162 valence electrons. The molecule has 0 aromatic carbocycles. The van der Waals surface area contributed by atoms with Crippen molar-refractivity contribution in [3.8, 4) is 0 Å². The number of nitrogens with zero attached hydrogens (tertiary/aromatic N) is 3. The highest BCUT2D eigenvalue weighted by Gasteiger charge is 2.43. The predicted molar refractivity (Wildman–Crippen MR) is 113 cm³/mol. The van der Waals surface area contributed by atoms with Crippen LogP contribution in [0.25, 0.3) is 6.08 Å². The largest absolute Gasteiger partial charge is 0.503 e. The molecule has 0 spiro atoms. The molecule has 1 atom stereocenters. The molecule has 8 heteroatoms. The minimum Gasteiger partial charge on any atom is -0.503 e. The van der Waals surface area contributed by atoms with Gasteiger partial charge in [-0.3, -0.25) is 19.5 Å². The molecular formula is C23H25N3O5. The van der Waals surface area contributed by atoms with Crippen LogP contribution >= 0.6 is 0 Å². The van der Waals surface area contributed by atoms with Gasteiger partial charge >= 0.3 is 0 Å². The minimum atomic E-state index is -0.729. The SMILES string of the molecule is O=C(C=Cc1ccco1)C1=C(O)C(=O)N(CCCN2CCOCC2)C1c1ccccn1. The van der Waals surface area contributed by atoms with Crippen molar-refractivity contribution in [1.29, 1.82) is 0 Å². The summed E-state index contributed by atoms with van der Waals surface area (Å²) in [4.78, 5) is 34.0. The van der Waals surface area contributed by atoms with Crippen molar-refractivity contribution >= 4 is 17.8 Å². The van der Waals surface area contributed by atoms with Crippen LogP contribution in [-0.2, 0) is 14.3 Å². The summed E-state index contributed by atoms with van der Waals surface area (Å²) in [5, 5.41) is 10.6. The van der Waals surface area contributed by atoms with Crippen LogP contribution in [0.5, 0.6) is 0 Å². The lowest BCUT2D eigenvalue weighted by Crippen LogP contribution is -2.39. The number of carbonyl (C=O) groups is 2. The molecule has 2 aromatic rings. The maximum absolute atomic E-state index is 13.0. The molecule has 1 amide bonds. The van der Waals surface area contributed by atoms with E-state index in [1.807, 2.05) is 0 Å². The van der Waals surface area contributed by atoms with Gasteiger partial charge in [-0.25, -0.2) is 0 Å². The number of morpholine rings is 1. The lowest BCUT2D eigenvalue weighted by molar-refractivity contribution is -0.129. The third-order valence-electron chi connectivity index (χ3n) is 5.46. The average Bonchev–Trinajstić information content (AvgIpc) is 3.41. The molecule has 4 rings (SSSR count). The number of carbonyl (C=O) groups excluding carboxylic acids is 2. The molecule has 31 heavy (non-hydrogen) atoms. The molecule has 1 N–H and O–H groups in total. The van der Waals surface area contributed by atoms with Gasteiger partial charge in [-0.2, -0.15) is 0 Å². The summed E-state index contributed by atoms with van der Waals surface area (Å²) in [6, 6.07) is 8.03. The summed E-state index contributed by atoms with van der Waals surface area (Å²) in [6.07, 6.45) is 6.66. The van der Waals surface area contributed by atoms with Gasteiger partial charge in [0.05, 0.1) is 30.7 Å². The molecule has 1 saturated heterocycles. The Balaban J connectivity index is 1.54. The Labute approximate surface area is 180 Å². The van der Waals surface area contributed by atoms with Crippen LogP contribution in [0, 0.1) is 0 Å². The number of furan rings is 1. The molecule has 0 bridgehead atoms. The van der Waals surface area contributed by atoms with Crippen LogP contribution < -0.4 is 0 Å². The number of hydrogen-bond acceptors (Lipinski definition) is 7. The number of amides is 1. The Morgan fingerprint density at radius 1 is 1.19 bits per heavy atom. The number of hydrogen-bond donors (Lipinski definition) is 1. The van der Waals surface area contributed by atoms with E-state index in [0.29, 0.717) is 37.6 Å². The number of aromatic nitrogens is 1. The highest BCUT2D eigenvalue weighted by Crippen LogP contribution is 2.37. The number of aliphatic hydroxyl groups excluding tert-OH is 1. The lowest BCUT2D eigenvalue weighted by Gasteiger charge is -2.29. The highest BCUT2D eigenvalue weighted by atomic mass is 16.5. The number of ketones is 1. The van der Waals surface area contributed by atoms with Gasteiger partial charge in [-0.05, 0) is 42.8 Å². The standard InChI is InChI=1S/C23H25N3O5/c27-19(8-7-17-5-3-14-31-17)20-21(18-6-1-2-9-24-18)26(23(29)22(20)28)11-4-10-25-12-15-30-16-13-25/h1-3,5-9,14,21,28H,4,10-13,15-16H2. The molecule has 8 nitrogen and oxygen atoms in total. The molecule has 0 saturated carbocycles. The van der Waals surface area contributed by atoms with Crippen LogP contribution in [0.1, 0.15) is 23.9 Å². The molecule has 1 fully saturated rings. The van der Waals surface area contributed by atoms with E-state index >= 15 is 0 Å². The van der Waals surface area contributed by atoms with E-state index in [4.69, 9.17) is 9.15 Å². The van der Waals surface area contributed by atoms with Gasteiger partial charge in [0.1, 0.15) is 11.8 Å². The number of aliphatic hydroxyl groups is 1. The normalized spacial score (nSPS) is 20.2. The van der Waals surface area contributed by atoms with E-state index in [1.165, 1.54) is 23.3 Å². The molecule has 2 aliphatic rings. The van der Waals surface area contributed by atoms with E-state index in [0.717, 1.165) is 19.6 Å². The molecule has 0 aliphatic carbocycles. The van der Waals surface area contributed by atoms with Crippen LogP contribution in [-0.4, -0.2) is 71.0 Å². The molecule has 2 aromatic heterocycles. The summed E-state index contributed by atoms with van der Waals surface area (Å²) >= 11 is 0. The fraction of sp³-hybridized carbons (Fsp3) is 0.348. The Hall–Kier alpha value is -3.23. The van der Waals surface area contributed by atoms with Gasteiger partial charge in [0.15, 0.2) is 11.5 Å².